The zero-order valence-electron chi connectivity index (χ0n) is 34.9. The third-order valence-corrected chi connectivity index (χ3v) is 10.1. The molecule has 0 saturated carbocycles. The van der Waals surface area contributed by atoms with Crippen LogP contribution in [0.4, 0.5) is 0 Å². The molecule has 0 fully saturated rings. The number of rotatable bonds is 40. The van der Waals surface area contributed by atoms with Crippen LogP contribution in [0, 0.1) is 0 Å². The van der Waals surface area contributed by atoms with E-state index in [4.69, 9.17) is 23.8 Å². The standard InChI is InChI=1S/C42H76O13P2/c1-3-5-7-9-11-13-15-17-19-21-23-25-27-29-31-33-41(44)51-37-40(38-54-57(49,50)53-36-39(43)35-52-56(46,47)48)55-42(45)34-32-30-28-26-24-22-20-18-16-14-12-10-8-6-4-2/h6,8,12,14,17-20,39-40,43H,3-5,7,9-11,13,15-16,21-38H2,1-2H3,(H,49,50)(H2,46,47,48). The molecule has 0 spiro atoms. The Morgan fingerprint density at radius 1 is 0.526 bits per heavy atom. The summed E-state index contributed by atoms with van der Waals surface area (Å²) in [6.07, 6.45) is 38.2. The third-order valence-electron chi connectivity index (χ3n) is 8.69. The predicted molar refractivity (Wildman–Crippen MR) is 225 cm³/mol. The van der Waals surface area contributed by atoms with Gasteiger partial charge >= 0.3 is 27.6 Å². The summed E-state index contributed by atoms with van der Waals surface area (Å²) in [5, 5.41) is 9.74. The van der Waals surface area contributed by atoms with Gasteiger partial charge < -0.3 is 29.3 Å². The first-order chi connectivity index (χ1) is 27.4. The Labute approximate surface area is 343 Å². The van der Waals surface area contributed by atoms with Crippen LogP contribution in [-0.2, 0) is 41.8 Å². The average Bonchev–Trinajstić information content (AvgIpc) is 3.17. The maximum atomic E-state index is 12.6. The topological polar surface area (TPSA) is 195 Å². The molecular weight excluding hydrogens is 774 g/mol. The molecule has 0 rings (SSSR count). The maximum absolute atomic E-state index is 12.6. The van der Waals surface area contributed by atoms with Crippen molar-refractivity contribution in [3.63, 3.8) is 0 Å². The van der Waals surface area contributed by atoms with Crippen molar-refractivity contribution in [1.82, 2.24) is 0 Å². The van der Waals surface area contributed by atoms with Gasteiger partial charge in [0.2, 0.25) is 0 Å². The van der Waals surface area contributed by atoms with E-state index in [0.29, 0.717) is 12.8 Å². The lowest BCUT2D eigenvalue weighted by atomic mass is 10.1. The minimum Gasteiger partial charge on any atom is -0.462 e. The Morgan fingerprint density at radius 3 is 1.51 bits per heavy atom. The van der Waals surface area contributed by atoms with Crippen LogP contribution in [0.2, 0.25) is 0 Å². The summed E-state index contributed by atoms with van der Waals surface area (Å²) >= 11 is 0. The maximum Gasteiger partial charge on any atom is 0.472 e. The quantitative estimate of drug-likeness (QED) is 0.0197. The molecule has 57 heavy (non-hydrogen) atoms. The number of allylic oxidation sites excluding steroid dienone is 8. The number of esters is 2. The summed E-state index contributed by atoms with van der Waals surface area (Å²) in [5.74, 6) is -1.06. The van der Waals surface area contributed by atoms with E-state index in [1.165, 1.54) is 38.5 Å². The fourth-order valence-corrected chi connectivity index (χ4v) is 6.63. The van der Waals surface area contributed by atoms with Gasteiger partial charge in [-0.2, -0.15) is 0 Å². The first kappa shape index (κ1) is 55.1. The molecule has 0 heterocycles. The molecule has 332 valence electrons. The molecule has 0 aromatic carbocycles. The lowest BCUT2D eigenvalue weighted by Gasteiger charge is -2.20. The lowest BCUT2D eigenvalue weighted by molar-refractivity contribution is -0.161. The van der Waals surface area contributed by atoms with E-state index in [2.05, 4.69) is 71.5 Å². The summed E-state index contributed by atoms with van der Waals surface area (Å²) in [5.41, 5.74) is 0. The summed E-state index contributed by atoms with van der Waals surface area (Å²) in [6.45, 7) is 1.61. The van der Waals surface area contributed by atoms with Gasteiger partial charge in [-0.3, -0.25) is 23.2 Å². The third kappa shape index (κ3) is 42.0. The van der Waals surface area contributed by atoms with Gasteiger partial charge in [0.1, 0.15) is 12.7 Å². The number of aliphatic hydroxyl groups excluding tert-OH is 1. The fraction of sp³-hybridized carbons (Fsp3) is 0.762. The number of carbonyl (C=O) groups excluding carboxylic acids is 2. The SMILES string of the molecule is CCC=CCC=CCC=CCCCCCCCC(=O)OC(COC(=O)CCCCCCCC=CCCCCCCCC)COP(=O)(O)OCC(O)COP(=O)(O)O. The second-order valence-corrected chi connectivity index (χ2v) is 16.9. The Balaban J connectivity index is 4.57. The van der Waals surface area contributed by atoms with Crippen molar-refractivity contribution >= 4 is 27.6 Å². The number of unbranched alkanes of at least 4 members (excludes halogenated alkanes) is 16. The number of carbonyl (C=O) groups is 2. The minimum atomic E-state index is -4.86. The molecular formula is C42H76O13P2. The molecule has 0 aliphatic rings. The Morgan fingerprint density at radius 2 is 0.965 bits per heavy atom. The van der Waals surface area contributed by atoms with Crippen LogP contribution in [0.5, 0.6) is 0 Å². The second-order valence-electron chi connectivity index (χ2n) is 14.2. The molecule has 0 saturated heterocycles. The average molecular weight is 851 g/mol. The molecule has 0 aliphatic heterocycles. The van der Waals surface area contributed by atoms with Gasteiger partial charge in [-0.15, -0.1) is 0 Å². The van der Waals surface area contributed by atoms with Crippen molar-refractivity contribution in [3.05, 3.63) is 48.6 Å². The van der Waals surface area contributed by atoms with Gasteiger partial charge in [0.25, 0.3) is 0 Å². The number of hydrogen-bond acceptors (Lipinski definition) is 10. The van der Waals surface area contributed by atoms with Gasteiger partial charge in [0.15, 0.2) is 6.10 Å². The Hall–Kier alpha value is -1.92. The zero-order chi connectivity index (χ0) is 42.3. The molecule has 0 amide bonds. The molecule has 4 N–H and O–H groups in total. The zero-order valence-corrected chi connectivity index (χ0v) is 36.7. The van der Waals surface area contributed by atoms with E-state index in [9.17, 15) is 28.7 Å². The minimum absolute atomic E-state index is 0.109. The van der Waals surface area contributed by atoms with Crippen LogP contribution in [0.3, 0.4) is 0 Å². The predicted octanol–water partition coefficient (Wildman–Crippen LogP) is 10.7. The van der Waals surface area contributed by atoms with Gasteiger partial charge in [0, 0.05) is 12.8 Å². The molecule has 0 aromatic rings. The van der Waals surface area contributed by atoms with Crippen LogP contribution in [-0.4, -0.2) is 70.4 Å². The van der Waals surface area contributed by atoms with E-state index in [1.54, 1.807) is 0 Å². The number of ether oxygens (including phenoxy) is 2. The van der Waals surface area contributed by atoms with Crippen LogP contribution in [0.25, 0.3) is 0 Å². The number of aliphatic hydroxyl groups is 1. The van der Waals surface area contributed by atoms with Crippen LogP contribution >= 0.6 is 15.6 Å². The molecule has 15 heteroatoms. The molecule has 0 bridgehead atoms. The highest BCUT2D eigenvalue weighted by molar-refractivity contribution is 7.47. The molecule has 3 atom stereocenters. The van der Waals surface area contributed by atoms with Crippen molar-refractivity contribution in [1.29, 1.82) is 0 Å². The highest BCUT2D eigenvalue weighted by Gasteiger charge is 2.28. The Bertz CT molecular complexity index is 1200. The Kier molecular flexibility index (Phi) is 37.0. The van der Waals surface area contributed by atoms with E-state index in [0.717, 1.165) is 89.9 Å². The molecule has 0 radical (unpaired) electrons. The smallest absolute Gasteiger partial charge is 0.462 e. The monoisotopic (exact) mass is 850 g/mol. The van der Waals surface area contributed by atoms with E-state index >= 15 is 0 Å². The van der Waals surface area contributed by atoms with E-state index in [1.807, 2.05) is 0 Å². The first-order valence-corrected chi connectivity index (χ1v) is 24.4. The van der Waals surface area contributed by atoms with Crippen molar-refractivity contribution in [2.45, 2.75) is 180 Å². The van der Waals surface area contributed by atoms with E-state index in [-0.39, 0.29) is 12.8 Å². The van der Waals surface area contributed by atoms with Crippen molar-refractivity contribution in [2.75, 3.05) is 26.4 Å². The van der Waals surface area contributed by atoms with Crippen LogP contribution in [0.1, 0.15) is 168 Å². The highest BCUT2D eigenvalue weighted by atomic mass is 31.2. The number of phosphoric ester groups is 2. The summed E-state index contributed by atoms with van der Waals surface area (Å²) in [7, 11) is -9.68. The highest BCUT2D eigenvalue weighted by Crippen LogP contribution is 2.43. The van der Waals surface area contributed by atoms with Crippen molar-refractivity contribution < 1.29 is 61.6 Å². The number of hydrogen-bond donors (Lipinski definition) is 4. The molecule has 3 unspecified atom stereocenters. The molecule has 0 aliphatic carbocycles. The summed E-state index contributed by atoms with van der Waals surface area (Å²) in [6, 6.07) is 0. The van der Waals surface area contributed by atoms with Crippen LogP contribution in [0.15, 0.2) is 48.6 Å². The molecule has 0 aromatic heterocycles. The largest absolute Gasteiger partial charge is 0.472 e. The van der Waals surface area contributed by atoms with Gasteiger partial charge in [-0.1, -0.05) is 133 Å². The van der Waals surface area contributed by atoms with Gasteiger partial charge in [0.05, 0.1) is 19.8 Å². The fourth-order valence-electron chi connectivity index (χ4n) is 5.47. The first-order valence-electron chi connectivity index (χ1n) is 21.3. The molecule has 13 nitrogen and oxygen atoms in total. The summed E-state index contributed by atoms with van der Waals surface area (Å²) < 4.78 is 47.7. The second kappa shape index (κ2) is 38.3. The van der Waals surface area contributed by atoms with Crippen LogP contribution < -0.4 is 0 Å². The van der Waals surface area contributed by atoms with Gasteiger partial charge in [-0.25, -0.2) is 9.13 Å². The van der Waals surface area contributed by atoms with Gasteiger partial charge in [-0.05, 0) is 70.6 Å². The lowest BCUT2D eigenvalue weighted by Crippen LogP contribution is -2.30. The number of phosphoric acid groups is 2. The van der Waals surface area contributed by atoms with Crippen molar-refractivity contribution in [2.24, 2.45) is 0 Å². The van der Waals surface area contributed by atoms with E-state index < -0.39 is 66.2 Å². The summed E-state index contributed by atoms with van der Waals surface area (Å²) in [4.78, 5) is 52.6. The van der Waals surface area contributed by atoms with Crippen molar-refractivity contribution in [3.8, 4) is 0 Å². The normalized spacial score (nSPS) is 14.6.